The molecular weight excluding hydrogens is 382 g/mol. The molecule has 4 rings (SSSR count). The molecule has 166 valence electrons. The molecule has 1 aliphatic carbocycles. The third-order valence-electron chi connectivity index (χ3n) is 6.87. The van der Waals surface area contributed by atoms with Crippen molar-refractivity contribution in [2.75, 3.05) is 0 Å². The smallest absolute Gasteiger partial charge is 0.246 e. The van der Waals surface area contributed by atoms with Crippen molar-refractivity contribution in [1.82, 2.24) is 15.5 Å². The van der Waals surface area contributed by atoms with Gasteiger partial charge in [0, 0.05) is 17.6 Å². The van der Waals surface area contributed by atoms with Crippen LogP contribution in [0.25, 0.3) is 0 Å². The Morgan fingerprint density at radius 1 is 1.17 bits per heavy atom. The van der Waals surface area contributed by atoms with Crippen LogP contribution in [0.15, 0.2) is 12.2 Å². The average Bonchev–Trinajstić information content (AvgIpc) is 3.28. The number of hydrogen-bond acceptors (Lipinski definition) is 4. The number of nitrogens with zero attached hydrogens (tertiary/aromatic N) is 1. The van der Waals surface area contributed by atoms with Crippen LogP contribution in [0.1, 0.15) is 66.7 Å². The van der Waals surface area contributed by atoms with Crippen LogP contribution in [0.4, 0.5) is 0 Å². The Kier molecular flexibility index (Phi) is 5.24. The van der Waals surface area contributed by atoms with Gasteiger partial charge in [0.2, 0.25) is 17.7 Å². The molecule has 3 heterocycles. The monoisotopic (exact) mass is 417 g/mol. The van der Waals surface area contributed by atoms with E-state index < -0.39 is 35.1 Å². The van der Waals surface area contributed by atoms with E-state index in [1.165, 1.54) is 6.42 Å². The Labute approximate surface area is 179 Å². The third kappa shape index (κ3) is 3.35. The predicted molar refractivity (Wildman–Crippen MR) is 112 cm³/mol. The molecule has 0 aromatic heterocycles. The van der Waals surface area contributed by atoms with Gasteiger partial charge >= 0.3 is 0 Å². The fraction of sp³-hybridized carbons (Fsp3) is 0.783. The lowest BCUT2D eigenvalue weighted by Crippen LogP contribution is -2.59. The van der Waals surface area contributed by atoms with Crippen LogP contribution in [0.2, 0.25) is 0 Å². The molecule has 7 nitrogen and oxygen atoms in total. The molecule has 5 atom stereocenters. The van der Waals surface area contributed by atoms with E-state index in [0.29, 0.717) is 0 Å². The largest absolute Gasteiger partial charge is 0.359 e. The van der Waals surface area contributed by atoms with E-state index in [-0.39, 0.29) is 29.8 Å². The number of hydrogen-bond donors (Lipinski definition) is 2. The van der Waals surface area contributed by atoms with Crippen LogP contribution in [0.5, 0.6) is 0 Å². The molecule has 0 unspecified atom stereocenters. The van der Waals surface area contributed by atoms with Crippen LogP contribution in [0, 0.1) is 11.8 Å². The second-order valence-electron chi connectivity index (χ2n) is 10.6. The van der Waals surface area contributed by atoms with Gasteiger partial charge in [-0.1, -0.05) is 31.4 Å². The Bertz CT molecular complexity index is 765. The number of carbonyl (C=O) groups excluding carboxylic acids is 3. The van der Waals surface area contributed by atoms with E-state index in [1.807, 2.05) is 46.8 Å². The van der Waals surface area contributed by atoms with Crippen molar-refractivity contribution in [2.24, 2.45) is 11.8 Å². The van der Waals surface area contributed by atoms with E-state index in [9.17, 15) is 14.4 Å². The van der Waals surface area contributed by atoms with Gasteiger partial charge in [-0.2, -0.15) is 0 Å². The van der Waals surface area contributed by atoms with Crippen LogP contribution < -0.4 is 10.6 Å². The quantitative estimate of drug-likeness (QED) is 0.684. The van der Waals surface area contributed by atoms with Gasteiger partial charge < -0.3 is 20.3 Å². The van der Waals surface area contributed by atoms with Gasteiger partial charge in [0.05, 0.1) is 17.9 Å². The first-order valence-corrected chi connectivity index (χ1v) is 11.4. The second kappa shape index (κ2) is 7.36. The summed E-state index contributed by atoms with van der Waals surface area (Å²) in [6, 6.07) is -0.780. The SMILES string of the molecule is CC(C)N1C(=O)[C@@H]2[C@@H](C(=O)NC3CCCCC3)[C@H]3C=C[C@@]2(O3)[C@H]1C(=O)NC(C)(C)C. The number of fused-ring (bicyclic) bond motifs is 1. The summed E-state index contributed by atoms with van der Waals surface area (Å²) >= 11 is 0. The first-order valence-electron chi connectivity index (χ1n) is 11.4. The van der Waals surface area contributed by atoms with Gasteiger partial charge in [-0.05, 0) is 47.5 Å². The molecule has 2 bridgehead atoms. The first-order chi connectivity index (χ1) is 14.0. The van der Waals surface area contributed by atoms with Gasteiger partial charge in [0.1, 0.15) is 11.6 Å². The second-order valence-corrected chi connectivity index (χ2v) is 10.6. The summed E-state index contributed by atoms with van der Waals surface area (Å²) in [4.78, 5) is 41.8. The van der Waals surface area contributed by atoms with Crippen molar-refractivity contribution in [3.8, 4) is 0 Å². The molecule has 1 saturated carbocycles. The molecule has 0 aromatic carbocycles. The minimum absolute atomic E-state index is 0.114. The van der Waals surface area contributed by atoms with E-state index in [4.69, 9.17) is 4.74 Å². The van der Waals surface area contributed by atoms with Gasteiger partial charge in [-0.25, -0.2) is 0 Å². The lowest BCUT2D eigenvalue weighted by Gasteiger charge is -2.36. The van der Waals surface area contributed by atoms with Crippen molar-refractivity contribution in [2.45, 2.75) is 102 Å². The van der Waals surface area contributed by atoms with Crippen LogP contribution >= 0.6 is 0 Å². The molecule has 0 aromatic rings. The fourth-order valence-electron chi connectivity index (χ4n) is 5.74. The third-order valence-corrected chi connectivity index (χ3v) is 6.87. The zero-order chi connectivity index (χ0) is 21.8. The molecule has 30 heavy (non-hydrogen) atoms. The molecule has 3 fully saturated rings. The normalized spacial score (nSPS) is 35.8. The number of rotatable bonds is 4. The van der Waals surface area contributed by atoms with Gasteiger partial charge in [0.25, 0.3) is 0 Å². The minimum Gasteiger partial charge on any atom is -0.359 e. The fourth-order valence-corrected chi connectivity index (χ4v) is 5.74. The van der Waals surface area contributed by atoms with Crippen molar-refractivity contribution < 1.29 is 19.1 Å². The summed E-state index contributed by atoms with van der Waals surface area (Å²) in [6.45, 7) is 9.56. The van der Waals surface area contributed by atoms with Crippen molar-refractivity contribution in [3.05, 3.63) is 12.2 Å². The van der Waals surface area contributed by atoms with Gasteiger partial charge in [0.15, 0.2) is 0 Å². The number of amides is 3. The number of likely N-dealkylation sites (tertiary alicyclic amines) is 1. The highest BCUT2D eigenvalue weighted by molar-refractivity contribution is 6.00. The molecule has 7 heteroatoms. The molecule has 1 spiro atoms. The standard InChI is InChI=1S/C23H35N3O4/c1-13(2)26-18(20(28)25-22(3,4)5)23-12-11-15(30-23)16(17(23)21(26)29)19(27)24-14-9-7-6-8-10-14/h11-18H,6-10H2,1-5H3,(H,24,27)(H,25,28)/t15-,16+,17+,18-,23+/m1/s1. The van der Waals surface area contributed by atoms with Crippen LogP contribution in [-0.2, 0) is 19.1 Å². The molecule has 3 aliphatic heterocycles. The highest BCUT2D eigenvalue weighted by atomic mass is 16.5. The number of carbonyl (C=O) groups is 3. The van der Waals surface area contributed by atoms with E-state index in [2.05, 4.69) is 10.6 Å². The maximum absolute atomic E-state index is 13.6. The van der Waals surface area contributed by atoms with E-state index in [0.717, 1.165) is 25.7 Å². The van der Waals surface area contributed by atoms with Crippen LogP contribution in [-0.4, -0.2) is 58.0 Å². The Hall–Kier alpha value is -1.89. The van der Waals surface area contributed by atoms with Gasteiger partial charge in [-0.3, -0.25) is 14.4 Å². The predicted octanol–water partition coefficient (Wildman–Crippen LogP) is 1.91. The lowest BCUT2D eigenvalue weighted by atomic mass is 9.74. The first kappa shape index (κ1) is 21.3. The topological polar surface area (TPSA) is 87.7 Å². The minimum atomic E-state index is -1.07. The van der Waals surface area contributed by atoms with Crippen LogP contribution in [0.3, 0.4) is 0 Å². The average molecular weight is 418 g/mol. The zero-order valence-corrected chi connectivity index (χ0v) is 18.7. The summed E-state index contributed by atoms with van der Waals surface area (Å²) in [7, 11) is 0. The highest BCUT2D eigenvalue weighted by Gasteiger charge is 2.73. The van der Waals surface area contributed by atoms with E-state index >= 15 is 0 Å². The Balaban J connectivity index is 1.64. The summed E-state index contributed by atoms with van der Waals surface area (Å²) in [5.74, 6) is -1.75. The van der Waals surface area contributed by atoms with Crippen molar-refractivity contribution in [1.29, 1.82) is 0 Å². The number of nitrogens with one attached hydrogen (secondary N) is 2. The Morgan fingerprint density at radius 2 is 1.83 bits per heavy atom. The van der Waals surface area contributed by atoms with Crippen molar-refractivity contribution >= 4 is 17.7 Å². The summed E-state index contributed by atoms with van der Waals surface area (Å²) in [6.07, 6.45) is 8.70. The Morgan fingerprint density at radius 3 is 2.43 bits per heavy atom. The molecule has 0 radical (unpaired) electrons. The van der Waals surface area contributed by atoms with E-state index in [1.54, 1.807) is 4.90 Å². The molecule has 2 saturated heterocycles. The highest BCUT2D eigenvalue weighted by Crippen LogP contribution is 2.55. The maximum atomic E-state index is 13.6. The lowest BCUT2D eigenvalue weighted by molar-refractivity contribution is -0.144. The molecular formula is C23H35N3O4. The summed E-state index contributed by atoms with van der Waals surface area (Å²) < 4.78 is 6.31. The number of ether oxygens (including phenoxy) is 1. The molecule has 3 amide bonds. The van der Waals surface area contributed by atoms with Crippen molar-refractivity contribution in [3.63, 3.8) is 0 Å². The molecule has 4 aliphatic rings. The molecule has 2 N–H and O–H groups in total. The maximum Gasteiger partial charge on any atom is 0.246 e. The zero-order valence-electron chi connectivity index (χ0n) is 18.7. The van der Waals surface area contributed by atoms with Gasteiger partial charge in [-0.15, -0.1) is 0 Å². The summed E-state index contributed by atoms with van der Waals surface area (Å²) in [5, 5.41) is 6.20. The summed E-state index contributed by atoms with van der Waals surface area (Å²) in [5.41, 5.74) is -1.51.